The Morgan fingerprint density at radius 3 is 2.30 bits per heavy atom. The number of rotatable bonds is 32. The molecule has 0 saturated heterocycles. The Hall–Kier alpha value is -5.88. The summed E-state index contributed by atoms with van der Waals surface area (Å²) in [5.74, 6) is -0.975. The zero-order valence-corrected chi connectivity index (χ0v) is 44.8. The van der Waals surface area contributed by atoms with Crippen LogP contribution in [0, 0.1) is 27.9 Å². The molecule has 3 aromatic carbocycles. The Kier molecular flexibility index (Phi) is 22.5. The number of aliphatic hydroxyl groups is 2. The normalized spacial score (nSPS) is 21.4. The van der Waals surface area contributed by atoms with Gasteiger partial charge in [0.15, 0.2) is 11.5 Å². The Labute approximate surface area is 452 Å². The zero-order chi connectivity index (χ0) is 53.7. The first-order valence-electron chi connectivity index (χ1n) is 27.4. The van der Waals surface area contributed by atoms with Crippen LogP contribution in [0.1, 0.15) is 139 Å². The largest absolute Gasteiger partial charge is 0.459 e. The van der Waals surface area contributed by atoms with E-state index >= 15 is 0 Å². The molecule has 0 spiro atoms. The number of allylic oxidation sites excluding steroid dienone is 1. The van der Waals surface area contributed by atoms with E-state index in [1.165, 1.54) is 57.1 Å². The predicted octanol–water partition coefficient (Wildman–Crippen LogP) is 12.0. The third-order valence-corrected chi connectivity index (χ3v) is 15.1. The number of carbonyl (C=O) groups excluding carboxylic acids is 2. The van der Waals surface area contributed by atoms with Crippen LogP contribution < -0.4 is 24.3 Å². The molecule has 0 radical (unpaired) electrons. The number of non-ortho nitro benzene ring substituents is 1. The van der Waals surface area contributed by atoms with Gasteiger partial charge in [0.25, 0.3) is 5.69 Å². The average Bonchev–Trinajstić information content (AvgIpc) is 3.97. The van der Waals surface area contributed by atoms with Gasteiger partial charge in [0.05, 0.1) is 29.0 Å². The summed E-state index contributed by atoms with van der Waals surface area (Å²) in [4.78, 5) is 47.1. The number of nitro benzene ring substituents is 1. The van der Waals surface area contributed by atoms with Crippen LogP contribution in [-0.4, -0.2) is 95.4 Å². The molecule has 1 fully saturated rings. The number of halogens is 1. The molecule has 0 aromatic heterocycles. The summed E-state index contributed by atoms with van der Waals surface area (Å²) in [5, 5.41) is 39.4. The van der Waals surface area contributed by atoms with Gasteiger partial charge in [-0.2, -0.15) is 0 Å². The van der Waals surface area contributed by atoms with Gasteiger partial charge in [-0.25, -0.2) is 9.59 Å². The van der Waals surface area contributed by atoms with Crippen LogP contribution in [0.5, 0.6) is 23.0 Å². The molecule has 2 heterocycles. The molecule has 2 aliphatic carbocycles. The van der Waals surface area contributed by atoms with E-state index in [1.54, 1.807) is 41.3 Å². The number of amides is 2. The van der Waals surface area contributed by atoms with Crippen LogP contribution in [0.4, 0.5) is 15.3 Å². The minimum Gasteiger partial charge on any atom is -0.459 e. The molecular weight excluding hydrogens is 996 g/mol. The van der Waals surface area contributed by atoms with E-state index < -0.39 is 40.8 Å². The van der Waals surface area contributed by atoms with E-state index in [2.05, 4.69) is 24.9 Å². The third kappa shape index (κ3) is 15.0. The van der Waals surface area contributed by atoms with Crippen molar-refractivity contribution in [3.05, 3.63) is 112 Å². The van der Waals surface area contributed by atoms with Gasteiger partial charge in [-0.1, -0.05) is 101 Å². The van der Waals surface area contributed by atoms with E-state index in [4.69, 9.17) is 50.0 Å². The van der Waals surface area contributed by atoms with E-state index in [0.717, 1.165) is 36.8 Å². The summed E-state index contributed by atoms with van der Waals surface area (Å²) >= 11 is 6.15. The molecule has 0 unspecified atom stereocenters. The first-order chi connectivity index (χ1) is 37.1. The lowest BCUT2D eigenvalue weighted by atomic mass is 9.55. The predicted molar refractivity (Wildman–Crippen MR) is 289 cm³/mol. The number of aliphatic hydroxyl groups excluding tert-OH is 2. The smallest absolute Gasteiger partial charge is 0.412 e. The fraction of sp³-hybridized carbons (Fsp3) is 0.569. The highest BCUT2D eigenvalue weighted by Gasteiger charge is 2.66. The van der Waals surface area contributed by atoms with Crippen molar-refractivity contribution in [1.82, 2.24) is 10.2 Å². The van der Waals surface area contributed by atoms with Crippen molar-refractivity contribution in [2.75, 3.05) is 45.6 Å². The number of hydrogen-bond acceptors (Lipinski definition) is 14. The van der Waals surface area contributed by atoms with Crippen LogP contribution in [-0.2, 0) is 27.5 Å². The molecule has 414 valence electrons. The average molecular weight is 1070 g/mol. The summed E-state index contributed by atoms with van der Waals surface area (Å²) in [6.07, 6.45) is 18.5. The number of alkyl halides is 1. The third-order valence-electron chi connectivity index (χ3n) is 14.9. The number of ether oxygens (including phenoxy) is 6. The van der Waals surface area contributed by atoms with Crippen LogP contribution in [0.25, 0.3) is 0 Å². The number of benzene rings is 3. The molecule has 0 bridgehead atoms. The van der Waals surface area contributed by atoms with E-state index in [1.807, 2.05) is 18.2 Å². The number of carbonyl (C=O) groups is 2. The maximum absolute atomic E-state index is 14.8. The monoisotopic (exact) mass is 1070 g/mol. The van der Waals surface area contributed by atoms with Gasteiger partial charge in [-0.15, -0.1) is 18.2 Å². The first-order valence-corrected chi connectivity index (χ1v) is 27.9. The standard InChI is InChI=1S/C58H77ClN4O13/c1-3-5-6-7-8-9-10-11-12-15-29-60-56(66)75-45-25-27-50-48(36-45)54-46(19-14-17-31-65)43(18-13-16-30-64)35-47-49(61-74-39-41-20-23-44(24-21-41)63(68)69)37-53(58(76-50,55(47)54)73-32-4-2)62(57(67)70-33-28-59)38-42-22-26-51-52(34-42)72-40-71-51/h4,20-27,34-36,43,46,53-55,64-65H,2-3,5-19,28-33,37-40H2,1H3,(H,60,66)/t43-,46+,53-,54+,55+,58+/m0/s1. The highest BCUT2D eigenvalue weighted by Crippen LogP contribution is 2.62. The van der Waals surface area contributed by atoms with Gasteiger partial charge in [0.2, 0.25) is 12.6 Å². The molecule has 3 aromatic rings. The van der Waals surface area contributed by atoms with Gasteiger partial charge in [-0.3, -0.25) is 15.0 Å². The minimum atomic E-state index is -1.63. The highest BCUT2D eigenvalue weighted by atomic mass is 35.5. The maximum atomic E-state index is 14.8. The topological polar surface area (TPSA) is 210 Å². The number of nitrogens with one attached hydrogen (secondary N) is 1. The molecule has 1 saturated carbocycles. The summed E-state index contributed by atoms with van der Waals surface area (Å²) in [7, 11) is 0. The van der Waals surface area contributed by atoms with Crippen molar-refractivity contribution in [3.8, 4) is 23.0 Å². The molecule has 4 aliphatic rings. The zero-order valence-electron chi connectivity index (χ0n) is 44.0. The lowest BCUT2D eigenvalue weighted by Crippen LogP contribution is -2.70. The molecule has 2 aliphatic heterocycles. The summed E-state index contributed by atoms with van der Waals surface area (Å²) in [5.41, 5.74) is 3.37. The van der Waals surface area contributed by atoms with Crippen molar-refractivity contribution >= 4 is 35.2 Å². The number of unbranched alkanes of at least 4 members (excludes halogenated alkanes) is 11. The van der Waals surface area contributed by atoms with Crippen LogP contribution in [0.2, 0.25) is 0 Å². The molecule has 3 N–H and O–H groups in total. The van der Waals surface area contributed by atoms with E-state index in [-0.39, 0.29) is 76.2 Å². The van der Waals surface area contributed by atoms with Gasteiger partial charge in [-0.05, 0) is 103 Å². The number of hydrogen-bond donors (Lipinski definition) is 3. The minimum absolute atomic E-state index is 0.00986. The molecular formula is C58H77ClN4O13. The van der Waals surface area contributed by atoms with Gasteiger partial charge >= 0.3 is 12.2 Å². The molecule has 76 heavy (non-hydrogen) atoms. The second-order valence-corrected chi connectivity index (χ2v) is 20.5. The SMILES string of the molecule is C=CCO[C@@]12Oc3ccc(OC(=O)NCCCCCCCCCCCC)cc3[C@H]3[C@H](CCCCO)[C@@H](CCCCO)C=C(C(=NOCc4ccc([N+](=O)[O-])cc4)C[C@@H]1N(Cc1ccc4c(c1)OCO4)C(=O)OCCCl)[C@H]32. The first kappa shape index (κ1) is 57.8. The number of fused-ring (bicyclic) bond motifs is 3. The highest BCUT2D eigenvalue weighted by molar-refractivity contribution is 6.18. The van der Waals surface area contributed by atoms with Crippen molar-refractivity contribution in [2.45, 2.75) is 147 Å². The van der Waals surface area contributed by atoms with E-state index in [0.29, 0.717) is 78.5 Å². The molecule has 18 heteroatoms. The molecule has 7 rings (SSSR count). The van der Waals surface area contributed by atoms with Crippen molar-refractivity contribution in [2.24, 2.45) is 22.9 Å². The lowest BCUT2D eigenvalue weighted by molar-refractivity contribution is -0.384. The fourth-order valence-corrected chi connectivity index (χ4v) is 11.4. The number of oxime groups is 1. The van der Waals surface area contributed by atoms with Crippen molar-refractivity contribution in [3.63, 3.8) is 0 Å². The van der Waals surface area contributed by atoms with E-state index in [9.17, 15) is 29.9 Å². The van der Waals surface area contributed by atoms with Crippen LogP contribution >= 0.6 is 11.6 Å². The second-order valence-electron chi connectivity index (χ2n) is 20.1. The van der Waals surface area contributed by atoms with Crippen molar-refractivity contribution in [1.29, 1.82) is 0 Å². The fourth-order valence-electron chi connectivity index (χ4n) is 11.3. The quantitative estimate of drug-likeness (QED) is 0.0175. The number of nitrogens with zero attached hydrogens (tertiary/aromatic N) is 3. The summed E-state index contributed by atoms with van der Waals surface area (Å²) in [6, 6.07) is 15.9. The Morgan fingerprint density at radius 2 is 1.59 bits per heavy atom. The van der Waals surface area contributed by atoms with Crippen molar-refractivity contribution < 1.29 is 58.0 Å². The van der Waals surface area contributed by atoms with Gasteiger partial charge in [0.1, 0.15) is 30.8 Å². The Morgan fingerprint density at radius 1 is 0.895 bits per heavy atom. The Bertz CT molecular complexity index is 2440. The lowest BCUT2D eigenvalue weighted by Gasteiger charge is -2.59. The van der Waals surface area contributed by atoms with Gasteiger partial charge < -0.3 is 48.8 Å². The molecule has 2 amide bonds. The number of nitro groups is 1. The Balaban J connectivity index is 1.30. The summed E-state index contributed by atoms with van der Waals surface area (Å²) < 4.78 is 37.8. The molecule has 17 nitrogen and oxygen atoms in total. The van der Waals surface area contributed by atoms with Crippen LogP contribution in [0.3, 0.4) is 0 Å². The maximum Gasteiger partial charge on any atom is 0.412 e. The van der Waals surface area contributed by atoms with Crippen LogP contribution in [0.15, 0.2) is 90.1 Å². The molecule has 6 atom stereocenters. The summed E-state index contributed by atoms with van der Waals surface area (Å²) in [6.45, 7) is 6.79. The second kappa shape index (κ2) is 29.6. The van der Waals surface area contributed by atoms with Gasteiger partial charge in [0, 0.05) is 56.3 Å².